The van der Waals surface area contributed by atoms with Crippen molar-refractivity contribution in [3.8, 4) is 0 Å². The molecule has 0 saturated carbocycles. The third-order valence-electron chi connectivity index (χ3n) is 3.86. The smallest absolute Gasteiger partial charge is 0.297 e. The van der Waals surface area contributed by atoms with Crippen LogP contribution in [0.25, 0.3) is 0 Å². The monoisotopic (exact) mass is 280 g/mol. The molecule has 0 bridgehead atoms. The van der Waals surface area contributed by atoms with E-state index < -0.39 is 0 Å². The molecule has 0 amide bonds. The summed E-state index contributed by atoms with van der Waals surface area (Å²) in [5.41, 5.74) is 0.996. The zero-order valence-electron chi connectivity index (χ0n) is 13.2. The van der Waals surface area contributed by atoms with Crippen molar-refractivity contribution >= 4 is 6.01 Å². The maximum Gasteiger partial charge on any atom is 0.297 e. The van der Waals surface area contributed by atoms with Gasteiger partial charge in [-0.3, -0.25) is 0 Å². The molecule has 0 atom stereocenters. The molecule has 5 heteroatoms. The predicted molar refractivity (Wildman–Crippen MR) is 82.0 cm³/mol. The fourth-order valence-corrected chi connectivity index (χ4v) is 2.59. The van der Waals surface area contributed by atoms with Crippen molar-refractivity contribution in [2.75, 3.05) is 38.6 Å². The molecule has 0 aromatic carbocycles. The van der Waals surface area contributed by atoms with Crippen LogP contribution in [0.15, 0.2) is 10.7 Å². The Morgan fingerprint density at radius 3 is 2.70 bits per heavy atom. The molecule has 2 heterocycles. The topological polar surface area (TPSA) is 44.5 Å². The lowest BCUT2D eigenvalue weighted by atomic mass is 10.0. The van der Waals surface area contributed by atoms with E-state index in [-0.39, 0.29) is 0 Å². The Kier molecular flexibility index (Phi) is 5.43. The van der Waals surface area contributed by atoms with Gasteiger partial charge in [-0.15, -0.1) is 0 Å². The van der Waals surface area contributed by atoms with Gasteiger partial charge in [0.25, 0.3) is 6.01 Å². The number of nitrogens with one attached hydrogen (secondary N) is 1. The van der Waals surface area contributed by atoms with E-state index in [0.29, 0.717) is 12.0 Å². The minimum absolute atomic E-state index is 0.659. The van der Waals surface area contributed by atoms with Crippen LogP contribution in [0.4, 0.5) is 6.01 Å². The van der Waals surface area contributed by atoms with Gasteiger partial charge in [0, 0.05) is 25.7 Å². The van der Waals surface area contributed by atoms with Gasteiger partial charge in [-0.1, -0.05) is 13.8 Å². The van der Waals surface area contributed by atoms with Gasteiger partial charge in [-0.25, -0.2) is 0 Å². The van der Waals surface area contributed by atoms with Crippen molar-refractivity contribution in [3.05, 3.63) is 12.0 Å². The van der Waals surface area contributed by atoms with Gasteiger partial charge in [0.2, 0.25) is 0 Å². The number of nitrogens with zero attached hydrogens (tertiary/aromatic N) is 3. The molecule has 20 heavy (non-hydrogen) atoms. The Morgan fingerprint density at radius 1 is 1.40 bits per heavy atom. The van der Waals surface area contributed by atoms with E-state index >= 15 is 0 Å². The average Bonchev–Trinajstić information content (AvgIpc) is 2.87. The van der Waals surface area contributed by atoms with E-state index in [9.17, 15) is 0 Å². The maximum atomic E-state index is 5.62. The third kappa shape index (κ3) is 4.21. The lowest BCUT2D eigenvalue weighted by Gasteiger charge is -2.34. The molecule has 1 aromatic rings. The summed E-state index contributed by atoms with van der Waals surface area (Å²) in [6.45, 7) is 8.27. The summed E-state index contributed by atoms with van der Waals surface area (Å²) in [5, 5.41) is 3.39. The van der Waals surface area contributed by atoms with E-state index in [4.69, 9.17) is 4.42 Å². The van der Waals surface area contributed by atoms with E-state index in [0.717, 1.165) is 37.9 Å². The summed E-state index contributed by atoms with van der Waals surface area (Å²) in [7, 11) is 4.31. The van der Waals surface area contributed by atoms with Crippen LogP contribution in [-0.4, -0.2) is 49.7 Å². The molecular formula is C15H28N4O. The molecule has 5 nitrogen and oxygen atoms in total. The Balaban J connectivity index is 1.81. The third-order valence-corrected chi connectivity index (χ3v) is 3.86. The second kappa shape index (κ2) is 7.09. The van der Waals surface area contributed by atoms with Gasteiger partial charge in [0.05, 0.1) is 5.69 Å². The van der Waals surface area contributed by atoms with Crippen LogP contribution in [0.2, 0.25) is 0 Å². The van der Waals surface area contributed by atoms with Gasteiger partial charge >= 0.3 is 0 Å². The van der Waals surface area contributed by atoms with Gasteiger partial charge < -0.3 is 19.5 Å². The van der Waals surface area contributed by atoms with Gasteiger partial charge in [0.15, 0.2) is 0 Å². The highest BCUT2D eigenvalue weighted by atomic mass is 16.4. The van der Waals surface area contributed by atoms with Gasteiger partial charge in [-0.2, -0.15) is 4.98 Å². The van der Waals surface area contributed by atoms with Crippen LogP contribution in [0, 0.1) is 5.92 Å². The van der Waals surface area contributed by atoms with Crippen LogP contribution in [-0.2, 0) is 6.54 Å². The number of anilines is 1. The quantitative estimate of drug-likeness (QED) is 0.863. The molecule has 1 aliphatic heterocycles. The largest absolute Gasteiger partial charge is 0.432 e. The van der Waals surface area contributed by atoms with Crippen LogP contribution < -0.4 is 10.2 Å². The van der Waals surface area contributed by atoms with Crippen molar-refractivity contribution in [2.24, 2.45) is 5.92 Å². The van der Waals surface area contributed by atoms with Crippen LogP contribution in [0.1, 0.15) is 32.4 Å². The lowest BCUT2D eigenvalue weighted by Crippen LogP contribution is -2.42. The van der Waals surface area contributed by atoms with Crippen LogP contribution in [0.5, 0.6) is 0 Å². The number of hydrogen-bond donors (Lipinski definition) is 1. The minimum atomic E-state index is 0.659. The molecule has 0 radical (unpaired) electrons. The second-order valence-corrected chi connectivity index (χ2v) is 6.33. The molecule has 2 rings (SSSR count). The Bertz CT molecular complexity index is 394. The SMILES string of the molecule is CC(C)CNCc1coc(N2CCC(N(C)C)CC2)n1. The molecule has 1 saturated heterocycles. The fraction of sp³-hybridized carbons (Fsp3) is 0.800. The fourth-order valence-electron chi connectivity index (χ4n) is 2.59. The number of oxazole rings is 1. The summed E-state index contributed by atoms with van der Waals surface area (Å²) in [5.74, 6) is 0.659. The summed E-state index contributed by atoms with van der Waals surface area (Å²) < 4.78 is 5.62. The van der Waals surface area contributed by atoms with Crippen molar-refractivity contribution in [3.63, 3.8) is 0 Å². The number of rotatable bonds is 6. The van der Waals surface area contributed by atoms with E-state index in [1.807, 2.05) is 0 Å². The highest BCUT2D eigenvalue weighted by Crippen LogP contribution is 2.21. The van der Waals surface area contributed by atoms with E-state index in [1.54, 1.807) is 6.26 Å². The Hall–Kier alpha value is -1.07. The number of aromatic nitrogens is 1. The molecule has 1 aliphatic rings. The Morgan fingerprint density at radius 2 is 2.10 bits per heavy atom. The lowest BCUT2D eigenvalue weighted by molar-refractivity contribution is 0.246. The molecule has 0 aliphatic carbocycles. The molecule has 1 N–H and O–H groups in total. The van der Waals surface area contributed by atoms with E-state index in [1.165, 1.54) is 12.8 Å². The zero-order chi connectivity index (χ0) is 14.5. The van der Waals surface area contributed by atoms with Crippen LogP contribution >= 0.6 is 0 Å². The molecule has 1 fully saturated rings. The summed E-state index contributed by atoms with van der Waals surface area (Å²) >= 11 is 0. The van der Waals surface area contributed by atoms with Crippen LogP contribution in [0.3, 0.4) is 0 Å². The average molecular weight is 280 g/mol. The number of piperidine rings is 1. The van der Waals surface area contributed by atoms with Crippen molar-refractivity contribution in [1.82, 2.24) is 15.2 Å². The number of hydrogen-bond acceptors (Lipinski definition) is 5. The molecule has 1 aromatic heterocycles. The zero-order valence-corrected chi connectivity index (χ0v) is 13.2. The Labute approximate surface area is 122 Å². The van der Waals surface area contributed by atoms with Gasteiger partial charge in [-0.05, 0) is 39.4 Å². The standard InChI is InChI=1S/C15H28N4O/c1-12(2)9-16-10-13-11-20-15(17-13)19-7-5-14(6-8-19)18(3)4/h11-12,14,16H,5-10H2,1-4H3. The highest BCUT2D eigenvalue weighted by Gasteiger charge is 2.23. The first kappa shape index (κ1) is 15.3. The normalized spacial score (nSPS) is 17.4. The maximum absolute atomic E-state index is 5.62. The van der Waals surface area contributed by atoms with Crippen molar-refractivity contribution < 1.29 is 4.42 Å². The van der Waals surface area contributed by atoms with E-state index in [2.05, 4.69) is 48.0 Å². The minimum Gasteiger partial charge on any atom is -0.432 e. The molecule has 0 spiro atoms. The highest BCUT2D eigenvalue weighted by molar-refractivity contribution is 5.27. The first-order chi connectivity index (χ1) is 9.56. The molecular weight excluding hydrogens is 252 g/mol. The molecule has 0 unspecified atom stereocenters. The summed E-state index contributed by atoms with van der Waals surface area (Å²) in [6.07, 6.45) is 4.13. The van der Waals surface area contributed by atoms with Crippen molar-refractivity contribution in [1.29, 1.82) is 0 Å². The predicted octanol–water partition coefficient (Wildman–Crippen LogP) is 1.95. The van der Waals surface area contributed by atoms with Gasteiger partial charge in [0.1, 0.15) is 6.26 Å². The first-order valence-electron chi connectivity index (χ1n) is 7.62. The summed E-state index contributed by atoms with van der Waals surface area (Å²) in [4.78, 5) is 9.15. The summed E-state index contributed by atoms with van der Waals surface area (Å²) in [6, 6.07) is 1.47. The van der Waals surface area contributed by atoms with Crippen molar-refractivity contribution in [2.45, 2.75) is 39.3 Å². The second-order valence-electron chi connectivity index (χ2n) is 6.33. The molecule has 114 valence electrons. The first-order valence-corrected chi connectivity index (χ1v) is 7.62.